The normalized spacial score (nSPS) is 12.4. The highest BCUT2D eigenvalue weighted by Crippen LogP contribution is 2.22. The van der Waals surface area contributed by atoms with Gasteiger partial charge >= 0.3 is 6.09 Å². The maximum atomic E-state index is 13.0. The van der Waals surface area contributed by atoms with Gasteiger partial charge in [0.15, 0.2) is 0 Å². The number of hydrazine groups is 1. The molecule has 1 unspecified atom stereocenters. The summed E-state index contributed by atoms with van der Waals surface area (Å²) in [7, 11) is 0. The molecule has 1 aromatic carbocycles. The predicted molar refractivity (Wildman–Crippen MR) is 86.6 cm³/mol. The van der Waals surface area contributed by atoms with Crippen molar-refractivity contribution in [1.29, 1.82) is 0 Å². The summed E-state index contributed by atoms with van der Waals surface area (Å²) < 4.78 is 18.1. The molecule has 0 heterocycles. The number of hydrogen-bond donors (Lipinski definition) is 2. The summed E-state index contributed by atoms with van der Waals surface area (Å²) in [5.74, 6) is -0.918. The second-order valence-electron chi connectivity index (χ2n) is 6.05. The lowest BCUT2D eigenvalue weighted by Gasteiger charge is -2.21. The first kappa shape index (κ1) is 19.2. The van der Waals surface area contributed by atoms with Crippen molar-refractivity contribution >= 4 is 23.6 Å². The lowest BCUT2D eigenvalue weighted by Crippen LogP contribution is -2.46. The molecule has 0 saturated carbocycles. The van der Waals surface area contributed by atoms with Crippen LogP contribution in [0, 0.1) is 5.82 Å². The Kier molecular flexibility index (Phi) is 7.29. The molecule has 0 aliphatic carbocycles. The first-order chi connectivity index (χ1) is 10.7. The summed E-state index contributed by atoms with van der Waals surface area (Å²) in [5, 5.41) is 0. The quantitative estimate of drug-likeness (QED) is 0.634. The van der Waals surface area contributed by atoms with E-state index in [-0.39, 0.29) is 5.82 Å². The molecule has 0 aliphatic heterocycles. The third-order valence-electron chi connectivity index (χ3n) is 2.90. The maximum absolute atomic E-state index is 13.0. The van der Waals surface area contributed by atoms with Gasteiger partial charge in [-0.2, -0.15) is 0 Å². The molecule has 23 heavy (non-hydrogen) atoms. The maximum Gasteiger partial charge on any atom is 0.426 e. The van der Waals surface area contributed by atoms with Crippen LogP contribution in [0.25, 0.3) is 0 Å². The average Bonchev–Trinajstić information content (AvgIpc) is 2.45. The average molecular weight is 345 g/mol. The second-order valence-corrected chi connectivity index (χ2v) is 6.43. The molecule has 1 rings (SSSR count). The minimum Gasteiger partial charge on any atom is -0.443 e. The number of carbonyl (C=O) groups excluding carboxylic acids is 2. The molecule has 0 saturated heterocycles. The van der Waals surface area contributed by atoms with E-state index in [2.05, 4.69) is 10.9 Å². The fourth-order valence-electron chi connectivity index (χ4n) is 1.93. The highest BCUT2D eigenvalue weighted by atomic mass is 35.5. The van der Waals surface area contributed by atoms with Gasteiger partial charge in [0, 0.05) is 5.88 Å². The highest BCUT2D eigenvalue weighted by molar-refractivity contribution is 6.17. The smallest absolute Gasteiger partial charge is 0.426 e. The van der Waals surface area contributed by atoms with Crippen molar-refractivity contribution in [3.8, 4) is 0 Å². The minimum absolute atomic E-state index is 0.378. The molecule has 2 N–H and O–H groups in total. The standard InChI is InChI=1S/C16H22ClFN2O3/c1-16(2,3)23-15(22)20-19-14(21)13(5-4-10-17)11-6-8-12(18)9-7-11/h6-9,13H,4-5,10H2,1-3H3,(H,19,21)(H,20,22). The van der Waals surface area contributed by atoms with Crippen molar-refractivity contribution in [2.75, 3.05) is 5.88 Å². The summed E-state index contributed by atoms with van der Waals surface area (Å²) in [6.07, 6.45) is 0.349. The van der Waals surface area contributed by atoms with Gasteiger partial charge in [0.1, 0.15) is 11.4 Å². The number of carbonyl (C=O) groups is 2. The van der Waals surface area contributed by atoms with Crippen LogP contribution >= 0.6 is 11.6 Å². The van der Waals surface area contributed by atoms with Gasteiger partial charge in [-0.1, -0.05) is 12.1 Å². The SMILES string of the molecule is CC(C)(C)OC(=O)NNC(=O)C(CCCCl)c1ccc(F)cc1. The van der Waals surface area contributed by atoms with Gasteiger partial charge in [-0.3, -0.25) is 10.2 Å². The zero-order valence-electron chi connectivity index (χ0n) is 13.5. The summed E-state index contributed by atoms with van der Waals surface area (Å²) in [6.45, 7) is 5.16. The van der Waals surface area contributed by atoms with Crippen LogP contribution in [0.1, 0.15) is 45.1 Å². The first-order valence-corrected chi connectivity index (χ1v) is 7.86. The summed E-state index contributed by atoms with van der Waals surface area (Å²) in [4.78, 5) is 23.8. The number of benzene rings is 1. The van der Waals surface area contributed by atoms with E-state index in [0.717, 1.165) is 0 Å². The van der Waals surface area contributed by atoms with E-state index in [4.69, 9.17) is 16.3 Å². The predicted octanol–water partition coefficient (Wildman–Crippen LogP) is 3.48. The Balaban J connectivity index is 2.69. The Morgan fingerprint density at radius 3 is 2.35 bits per heavy atom. The summed E-state index contributed by atoms with van der Waals surface area (Å²) >= 11 is 5.68. The number of halogens is 2. The van der Waals surface area contributed by atoms with Crippen molar-refractivity contribution in [3.05, 3.63) is 35.6 Å². The lowest BCUT2D eigenvalue weighted by atomic mass is 9.94. The number of nitrogens with one attached hydrogen (secondary N) is 2. The molecule has 1 atom stereocenters. The van der Waals surface area contributed by atoms with E-state index in [1.54, 1.807) is 32.9 Å². The highest BCUT2D eigenvalue weighted by Gasteiger charge is 2.22. The molecule has 0 radical (unpaired) electrons. The monoisotopic (exact) mass is 344 g/mol. The largest absolute Gasteiger partial charge is 0.443 e. The molecule has 0 fully saturated rings. The Bertz CT molecular complexity index is 529. The first-order valence-electron chi connectivity index (χ1n) is 7.33. The number of ether oxygens (including phenoxy) is 1. The molecule has 7 heteroatoms. The molecule has 128 valence electrons. The molecule has 0 aromatic heterocycles. The third kappa shape index (κ3) is 7.32. The van der Waals surface area contributed by atoms with Crippen LogP contribution in [-0.4, -0.2) is 23.5 Å². The van der Waals surface area contributed by atoms with Crippen LogP contribution in [0.5, 0.6) is 0 Å². The van der Waals surface area contributed by atoms with Crippen molar-refractivity contribution in [2.24, 2.45) is 0 Å². The molecule has 0 spiro atoms. The van der Waals surface area contributed by atoms with Crippen molar-refractivity contribution in [3.63, 3.8) is 0 Å². The van der Waals surface area contributed by atoms with Crippen LogP contribution < -0.4 is 10.9 Å². The van der Waals surface area contributed by atoms with Gasteiger partial charge in [-0.05, 0) is 51.3 Å². The summed E-state index contributed by atoms with van der Waals surface area (Å²) in [5.41, 5.74) is 4.53. The number of rotatable bonds is 5. The van der Waals surface area contributed by atoms with E-state index in [1.807, 2.05) is 0 Å². The van der Waals surface area contributed by atoms with E-state index in [0.29, 0.717) is 24.3 Å². The second kappa shape index (κ2) is 8.72. The van der Waals surface area contributed by atoms with Crippen molar-refractivity contribution in [1.82, 2.24) is 10.9 Å². The molecule has 0 bridgehead atoms. The number of alkyl halides is 1. The van der Waals surface area contributed by atoms with Crippen LogP contribution in [0.15, 0.2) is 24.3 Å². The molecular weight excluding hydrogens is 323 g/mol. The number of amides is 2. The van der Waals surface area contributed by atoms with Gasteiger partial charge in [0.05, 0.1) is 5.92 Å². The van der Waals surface area contributed by atoms with Crippen molar-refractivity contribution in [2.45, 2.75) is 45.1 Å². The topological polar surface area (TPSA) is 67.4 Å². The Labute approximate surface area is 140 Å². The zero-order valence-corrected chi connectivity index (χ0v) is 14.2. The van der Waals surface area contributed by atoms with Crippen LogP contribution in [0.4, 0.5) is 9.18 Å². The van der Waals surface area contributed by atoms with E-state index in [1.165, 1.54) is 12.1 Å². The van der Waals surface area contributed by atoms with Gasteiger partial charge in [-0.25, -0.2) is 14.6 Å². The van der Waals surface area contributed by atoms with Gasteiger partial charge in [-0.15, -0.1) is 11.6 Å². The van der Waals surface area contributed by atoms with E-state index in [9.17, 15) is 14.0 Å². The van der Waals surface area contributed by atoms with E-state index < -0.39 is 23.5 Å². The fourth-order valence-corrected chi connectivity index (χ4v) is 2.08. The van der Waals surface area contributed by atoms with Gasteiger partial charge in [0.25, 0.3) is 0 Å². The summed E-state index contributed by atoms with van der Waals surface area (Å²) in [6, 6.07) is 5.66. The molecule has 2 amide bonds. The van der Waals surface area contributed by atoms with Gasteiger partial charge in [0.2, 0.25) is 5.91 Å². The van der Waals surface area contributed by atoms with Crippen molar-refractivity contribution < 1.29 is 18.7 Å². The minimum atomic E-state index is -0.749. The van der Waals surface area contributed by atoms with E-state index >= 15 is 0 Å². The molecule has 1 aromatic rings. The molecule has 5 nitrogen and oxygen atoms in total. The molecular formula is C16H22ClFN2O3. The Hall–Kier alpha value is -1.82. The van der Waals surface area contributed by atoms with Crippen LogP contribution in [0.3, 0.4) is 0 Å². The Morgan fingerprint density at radius 1 is 1.22 bits per heavy atom. The number of hydrogen-bond acceptors (Lipinski definition) is 3. The zero-order chi connectivity index (χ0) is 17.5. The lowest BCUT2D eigenvalue weighted by molar-refractivity contribution is -0.123. The Morgan fingerprint density at radius 2 is 1.83 bits per heavy atom. The molecule has 0 aliphatic rings. The third-order valence-corrected chi connectivity index (χ3v) is 3.17. The van der Waals surface area contributed by atoms with Gasteiger partial charge < -0.3 is 4.74 Å². The van der Waals surface area contributed by atoms with Crippen LogP contribution in [-0.2, 0) is 9.53 Å². The van der Waals surface area contributed by atoms with Crippen LogP contribution in [0.2, 0.25) is 0 Å². The fraction of sp³-hybridized carbons (Fsp3) is 0.500.